The summed E-state index contributed by atoms with van der Waals surface area (Å²) in [5.74, 6) is -3.31. The molecule has 0 spiro atoms. The fraction of sp³-hybridized carbons (Fsp3) is 0.431. The van der Waals surface area contributed by atoms with Crippen LogP contribution >= 0.6 is 11.6 Å². The van der Waals surface area contributed by atoms with Gasteiger partial charge in [0.25, 0.3) is 5.91 Å². The zero-order valence-corrected chi connectivity index (χ0v) is 39.4. The van der Waals surface area contributed by atoms with Crippen molar-refractivity contribution in [1.29, 1.82) is 0 Å². The van der Waals surface area contributed by atoms with Gasteiger partial charge in [-0.3, -0.25) is 29.4 Å². The highest BCUT2D eigenvalue weighted by atomic mass is 35.5. The summed E-state index contributed by atoms with van der Waals surface area (Å²) in [7, 11) is 1.29. The lowest BCUT2D eigenvalue weighted by Crippen LogP contribution is -2.49. The number of benzene rings is 4. The van der Waals surface area contributed by atoms with Crippen LogP contribution in [0.5, 0.6) is 17.2 Å². The van der Waals surface area contributed by atoms with Crippen LogP contribution in [-0.2, 0) is 20.0 Å². The number of hydrogen-bond donors (Lipinski definition) is 5. The van der Waals surface area contributed by atoms with E-state index in [0.717, 1.165) is 56.1 Å². The molecule has 68 heavy (non-hydrogen) atoms. The molecule has 2 atom stereocenters. The van der Waals surface area contributed by atoms with E-state index >= 15 is 8.78 Å². The Morgan fingerprint density at radius 2 is 1.63 bits per heavy atom. The molecule has 14 nitrogen and oxygen atoms in total. The van der Waals surface area contributed by atoms with Crippen LogP contribution in [0.2, 0.25) is 5.02 Å². The molecule has 2 heterocycles. The minimum atomic E-state index is -1.08. The summed E-state index contributed by atoms with van der Waals surface area (Å²) in [5.41, 5.74) is 6.89. The highest BCUT2D eigenvalue weighted by Gasteiger charge is 2.50. The Bertz CT molecular complexity index is 2520. The van der Waals surface area contributed by atoms with Crippen molar-refractivity contribution in [3.8, 4) is 28.4 Å². The maximum absolute atomic E-state index is 16.2. The highest BCUT2D eigenvalue weighted by Crippen LogP contribution is 2.56. The maximum Gasteiger partial charge on any atom is 0.328 e. The van der Waals surface area contributed by atoms with E-state index in [-0.39, 0.29) is 82.5 Å². The lowest BCUT2D eigenvalue weighted by molar-refractivity contribution is -0.126. The number of amides is 6. The Kier molecular flexibility index (Phi) is 16.2. The molecule has 0 aromatic heterocycles. The van der Waals surface area contributed by atoms with E-state index in [2.05, 4.69) is 21.3 Å². The lowest BCUT2D eigenvalue weighted by Gasteiger charge is -2.37. The number of hydrogen-bond acceptors (Lipinski definition) is 9. The second-order valence-corrected chi connectivity index (χ2v) is 18.1. The number of nitrogens with one attached hydrogen (secondary N) is 4. The Hall–Kier alpha value is -6.26. The van der Waals surface area contributed by atoms with Gasteiger partial charge in [0.15, 0.2) is 23.8 Å². The van der Waals surface area contributed by atoms with Gasteiger partial charge in [-0.1, -0.05) is 74.2 Å². The summed E-state index contributed by atoms with van der Waals surface area (Å²) in [6, 6.07) is 18.2. The summed E-state index contributed by atoms with van der Waals surface area (Å²) < 4.78 is 49.5. The number of nitrogens with zero attached hydrogens (tertiary/aromatic N) is 1. The fourth-order valence-electron chi connectivity index (χ4n) is 9.56. The molecule has 6 amide bonds. The smallest absolute Gasteiger partial charge is 0.328 e. The first-order valence-corrected chi connectivity index (χ1v) is 23.7. The SMILES string of the molecule is COc1ccc(C(N)=O)c(-c2c(Cl)c(F)cc3c2[C@H](C)[C@@](CNC2CCC(C(=O)NCCCCCCCNC(=O)COc4ccc(C)c(N5CCC(=O)NC5=O)c4)CC2)(c2ccccc2)O3)c1F. The molecular weight excluding hydrogens is 898 g/mol. The molecule has 1 aliphatic carbocycles. The summed E-state index contributed by atoms with van der Waals surface area (Å²) in [4.78, 5) is 63.6. The van der Waals surface area contributed by atoms with Crippen molar-refractivity contribution in [2.75, 3.05) is 44.8 Å². The summed E-state index contributed by atoms with van der Waals surface area (Å²) in [6.45, 7) is 5.30. The molecule has 3 aliphatic rings. The minimum Gasteiger partial charge on any atom is -0.494 e. The van der Waals surface area contributed by atoms with E-state index in [1.54, 1.807) is 18.2 Å². The molecule has 1 saturated heterocycles. The van der Waals surface area contributed by atoms with Crippen molar-refractivity contribution in [2.45, 2.75) is 95.6 Å². The van der Waals surface area contributed by atoms with E-state index in [0.29, 0.717) is 49.5 Å². The third-order valence-corrected chi connectivity index (χ3v) is 13.7. The number of primary amides is 1. The van der Waals surface area contributed by atoms with Crippen molar-refractivity contribution in [3.63, 3.8) is 0 Å². The molecule has 2 fully saturated rings. The molecular formula is C51H59ClF2N6O8. The largest absolute Gasteiger partial charge is 0.494 e. The quantitative estimate of drug-likeness (QED) is 0.0548. The second-order valence-electron chi connectivity index (χ2n) is 17.7. The summed E-state index contributed by atoms with van der Waals surface area (Å²) in [6.07, 6.45) is 7.64. The van der Waals surface area contributed by atoms with Gasteiger partial charge >= 0.3 is 6.03 Å². The molecule has 17 heteroatoms. The first-order chi connectivity index (χ1) is 32.7. The summed E-state index contributed by atoms with van der Waals surface area (Å²) in [5, 5.41) is 11.6. The number of urea groups is 1. The number of carbonyl (C=O) groups is 5. The maximum atomic E-state index is 16.2. The van der Waals surface area contributed by atoms with Gasteiger partial charge in [-0.05, 0) is 74.8 Å². The van der Waals surface area contributed by atoms with E-state index in [9.17, 15) is 24.0 Å². The number of aryl methyl sites for hydroxylation is 1. The van der Waals surface area contributed by atoms with Gasteiger partial charge in [0.05, 0.1) is 23.4 Å². The van der Waals surface area contributed by atoms with E-state index in [1.807, 2.05) is 44.2 Å². The lowest BCUT2D eigenvalue weighted by atomic mass is 9.77. The molecule has 0 bridgehead atoms. The van der Waals surface area contributed by atoms with Crippen LogP contribution in [0.4, 0.5) is 19.3 Å². The predicted molar refractivity (Wildman–Crippen MR) is 254 cm³/mol. The Morgan fingerprint density at radius 1 is 0.926 bits per heavy atom. The second kappa shape index (κ2) is 22.2. The van der Waals surface area contributed by atoms with Gasteiger partial charge < -0.3 is 35.9 Å². The molecule has 6 N–H and O–H groups in total. The number of anilines is 1. The van der Waals surface area contributed by atoms with E-state index in [4.69, 9.17) is 31.5 Å². The third kappa shape index (κ3) is 11.0. The number of imide groups is 1. The van der Waals surface area contributed by atoms with E-state index in [1.165, 1.54) is 30.2 Å². The normalized spacial score (nSPS) is 20.0. The standard InChI is InChI=1S/C51H59ClF2N6O8/c1-30-14-19-35(26-38(30)60-25-22-41(61)59-50(60)65)67-28-42(62)56-23-10-5-4-6-11-24-57-49(64)32-15-17-34(18-16-32)58-29-51(33-12-8-7-9-13-33)31(2)43-40(68-51)27-37(53)46(52)45(43)44-36(48(55)63)20-21-39(66-3)47(44)54/h7-9,12-14,19-21,26-27,31-32,34,58H,4-6,10-11,15-18,22-25,28-29H2,1-3H3,(H2,55,63)(H,56,62)(H,57,64)(H,59,61,65)/t31-,32?,34?,51-/m0/s1. The molecule has 362 valence electrons. The molecule has 2 aliphatic heterocycles. The predicted octanol–water partition coefficient (Wildman–Crippen LogP) is 7.95. The Morgan fingerprint density at radius 3 is 2.32 bits per heavy atom. The van der Waals surface area contributed by atoms with Crippen LogP contribution in [0.1, 0.15) is 104 Å². The molecule has 7 rings (SSSR count). The van der Waals surface area contributed by atoms with Crippen LogP contribution in [0.25, 0.3) is 11.1 Å². The zero-order chi connectivity index (χ0) is 48.5. The summed E-state index contributed by atoms with van der Waals surface area (Å²) >= 11 is 6.66. The molecule has 0 radical (unpaired) electrons. The zero-order valence-electron chi connectivity index (χ0n) is 38.6. The Balaban J connectivity index is 0.835. The van der Waals surface area contributed by atoms with Crippen molar-refractivity contribution in [3.05, 3.63) is 106 Å². The third-order valence-electron chi connectivity index (χ3n) is 13.4. The van der Waals surface area contributed by atoms with Crippen LogP contribution in [0.15, 0.2) is 66.7 Å². The van der Waals surface area contributed by atoms with Crippen LogP contribution in [-0.4, -0.2) is 75.6 Å². The van der Waals surface area contributed by atoms with Crippen molar-refractivity contribution >= 4 is 46.9 Å². The molecule has 0 unspecified atom stereocenters. The van der Waals surface area contributed by atoms with Gasteiger partial charge in [-0.25, -0.2) is 13.6 Å². The average Bonchev–Trinajstić information content (AvgIpc) is 3.61. The topological polar surface area (TPSA) is 190 Å². The Labute approximate surface area is 400 Å². The van der Waals surface area contributed by atoms with Gasteiger partial charge in [0.1, 0.15) is 17.3 Å². The minimum absolute atomic E-state index is 0.0167. The molecule has 4 aromatic carbocycles. The number of ether oxygens (including phenoxy) is 3. The molecule has 4 aromatic rings. The van der Waals surface area contributed by atoms with Crippen molar-refractivity contribution in [2.24, 2.45) is 11.7 Å². The van der Waals surface area contributed by atoms with Gasteiger partial charge in [0.2, 0.25) is 17.7 Å². The monoisotopic (exact) mass is 956 g/mol. The fourth-order valence-corrected chi connectivity index (χ4v) is 9.81. The van der Waals surface area contributed by atoms with Crippen LogP contribution in [0.3, 0.4) is 0 Å². The number of unbranched alkanes of at least 4 members (excludes halogenated alkanes) is 4. The number of methoxy groups -OCH3 is 1. The van der Waals surface area contributed by atoms with Gasteiger partial charge in [0, 0.05) is 79.3 Å². The first kappa shape index (κ1) is 49.6. The van der Waals surface area contributed by atoms with Gasteiger partial charge in [-0.2, -0.15) is 0 Å². The average molecular weight is 958 g/mol. The number of halogens is 3. The number of rotatable bonds is 20. The number of fused-ring (bicyclic) bond motifs is 1. The van der Waals surface area contributed by atoms with E-state index < -0.39 is 35.1 Å². The first-order valence-electron chi connectivity index (χ1n) is 23.3. The number of carbonyl (C=O) groups excluding carboxylic acids is 5. The number of nitrogens with two attached hydrogens (primary N) is 1. The van der Waals surface area contributed by atoms with Crippen molar-refractivity contribution in [1.82, 2.24) is 21.3 Å². The highest BCUT2D eigenvalue weighted by molar-refractivity contribution is 6.34. The van der Waals surface area contributed by atoms with Crippen LogP contribution < -0.4 is 46.1 Å². The van der Waals surface area contributed by atoms with Crippen molar-refractivity contribution < 1.29 is 47.0 Å². The van der Waals surface area contributed by atoms with Gasteiger partial charge in [-0.15, -0.1) is 0 Å². The molecule has 1 saturated carbocycles. The van der Waals surface area contributed by atoms with Crippen LogP contribution in [0, 0.1) is 24.5 Å².